The third kappa shape index (κ3) is 4.70. The zero-order chi connectivity index (χ0) is 23.6. The molecule has 1 aliphatic heterocycles. The van der Waals surface area contributed by atoms with Gasteiger partial charge in [0.1, 0.15) is 0 Å². The van der Waals surface area contributed by atoms with E-state index in [0.717, 1.165) is 22.4 Å². The highest BCUT2D eigenvalue weighted by atomic mass is 16.5. The van der Waals surface area contributed by atoms with Gasteiger partial charge < -0.3 is 14.7 Å². The molecule has 1 atom stereocenters. The Morgan fingerprint density at radius 1 is 1.12 bits per heavy atom. The second kappa shape index (κ2) is 9.22. The Morgan fingerprint density at radius 3 is 2.55 bits per heavy atom. The van der Waals surface area contributed by atoms with Crippen LogP contribution in [0.5, 0.6) is 0 Å². The maximum atomic E-state index is 13.1. The lowest BCUT2D eigenvalue weighted by atomic mass is 9.79. The van der Waals surface area contributed by atoms with Gasteiger partial charge >= 0.3 is 0 Å². The van der Waals surface area contributed by atoms with Crippen molar-refractivity contribution in [2.45, 2.75) is 39.5 Å². The van der Waals surface area contributed by atoms with Crippen LogP contribution >= 0.6 is 0 Å². The van der Waals surface area contributed by atoms with Crippen LogP contribution in [0.2, 0.25) is 0 Å². The van der Waals surface area contributed by atoms with Crippen molar-refractivity contribution in [3.05, 3.63) is 77.2 Å². The summed E-state index contributed by atoms with van der Waals surface area (Å²) < 4.78 is 5.30. The first kappa shape index (κ1) is 22.8. The molecule has 0 spiro atoms. The lowest BCUT2D eigenvalue weighted by molar-refractivity contribution is -0.129. The second-order valence-electron chi connectivity index (χ2n) is 9.35. The zero-order valence-corrected chi connectivity index (χ0v) is 19.7. The molecule has 2 heterocycles. The predicted molar refractivity (Wildman–Crippen MR) is 128 cm³/mol. The number of nitrogens with zero attached hydrogens (tertiary/aromatic N) is 2. The molecular formula is C27H31N3O3. The Bertz CT molecular complexity index is 1150. The van der Waals surface area contributed by atoms with Gasteiger partial charge in [-0.25, -0.2) is 0 Å². The Morgan fingerprint density at radius 2 is 1.88 bits per heavy atom. The van der Waals surface area contributed by atoms with Gasteiger partial charge in [0.2, 0.25) is 11.7 Å². The number of hydrogen-bond donors (Lipinski definition) is 1. The summed E-state index contributed by atoms with van der Waals surface area (Å²) in [5.41, 5.74) is 4.63. The average Bonchev–Trinajstić information content (AvgIpc) is 3.47. The molecule has 0 bridgehead atoms. The number of hydrogen-bond acceptors (Lipinski definition) is 4. The van der Waals surface area contributed by atoms with E-state index in [9.17, 15) is 9.59 Å². The summed E-state index contributed by atoms with van der Waals surface area (Å²) in [6.45, 7) is 6.93. The maximum Gasteiger partial charge on any atom is 0.292 e. The molecule has 172 valence electrons. The van der Waals surface area contributed by atoms with Crippen molar-refractivity contribution in [3.63, 3.8) is 0 Å². The Kier molecular flexibility index (Phi) is 6.36. The van der Waals surface area contributed by atoms with E-state index in [1.807, 2.05) is 19.9 Å². The van der Waals surface area contributed by atoms with Crippen LogP contribution in [0.25, 0.3) is 11.1 Å². The molecule has 1 saturated heterocycles. The summed E-state index contributed by atoms with van der Waals surface area (Å²) in [5, 5.41) is 6.83. The summed E-state index contributed by atoms with van der Waals surface area (Å²) in [5.74, 6) is 0.153. The van der Waals surface area contributed by atoms with Crippen LogP contribution in [-0.4, -0.2) is 42.0 Å². The second-order valence-corrected chi connectivity index (χ2v) is 9.35. The number of aromatic nitrogens is 1. The van der Waals surface area contributed by atoms with Crippen molar-refractivity contribution >= 4 is 11.8 Å². The van der Waals surface area contributed by atoms with Gasteiger partial charge in [-0.05, 0) is 42.4 Å². The van der Waals surface area contributed by atoms with Crippen LogP contribution in [0.3, 0.4) is 0 Å². The minimum absolute atomic E-state index is 0.0426. The van der Waals surface area contributed by atoms with Crippen LogP contribution in [0.15, 0.2) is 59.1 Å². The molecule has 1 aromatic heterocycles. The number of amides is 2. The van der Waals surface area contributed by atoms with E-state index >= 15 is 0 Å². The van der Waals surface area contributed by atoms with Gasteiger partial charge in [-0.3, -0.25) is 9.59 Å². The van der Waals surface area contributed by atoms with E-state index in [1.54, 1.807) is 18.0 Å². The third-order valence-corrected chi connectivity index (χ3v) is 6.53. The zero-order valence-electron chi connectivity index (χ0n) is 19.7. The molecule has 1 fully saturated rings. The van der Waals surface area contributed by atoms with Gasteiger partial charge in [0.15, 0.2) is 0 Å². The van der Waals surface area contributed by atoms with E-state index in [-0.39, 0.29) is 23.5 Å². The molecule has 6 nitrogen and oxygen atoms in total. The normalized spacial score (nSPS) is 18.0. The Balaban J connectivity index is 1.56. The molecule has 6 heteroatoms. The molecule has 1 N–H and O–H groups in total. The Labute approximate surface area is 195 Å². The molecule has 0 radical (unpaired) electrons. The van der Waals surface area contributed by atoms with Crippen LogP contribution in [0.4, 0.5) is 0 Å². The van der Waals surface area contributed by atoms with Crippen LogP contribution < -0.4 is 5.32 Å². The van der Waals surface area contributed by atoms with E-state index < -0.39 is 5.41 Å². The molecular weight excluding hydrogens is 414 g/mol. The molecule has 2 amide bonds. The molecule has 33 heavy (non-hydrogen) atoms. The summed E-state index contributed by atoms with van der Waals surface area (Å²) in [7, 11) is 1.66. The van der Waals surface area contributed by atoms with Gasteiger partial charge in [-0.15, -0.1) is 0 Å². The quantitative estimate of drug-likeness (QED) is 0.602. The molecule has 3 aromatic rings. The standard InChI is InChI=1S/C27H31N3O3/c1-18(2)23-15-24(33-29-23)25(31)30-13-12-27(17-30,26(32)28-4)16-20-6-5-7-22(14-20)21-10-8-19(3)9-11-21/h5-11,14-15,18H,12-13,16-17H2,1-4H3,(H,28,32)/t27-/m0/s1. The highest BCUT2D eigenvalue weighted by molar-refractivity contribution is 5.93. The van der Waals surface area contributed by atoms with Gasteiger partial charge in [-0.2, -0.15) is 0 Å². The molecule has 1 aliphatic rings. The first-order valence-corrected chi connectivity index (χ1v) is 11.5. The van der Waals surface area contributed by atoms with E-state index in [0.29, 0.717) is 25.9 Å². The third-order valence-electron chi connectivity index (χ3n) is 6.53. The van der Waals surface area contributed by atoms with Gasteiger partial charge in [-0.1, -0.05) is 73.1 Å². The fourth-order valence-corrected chi connectivity index (χ4v) is 4.54. The minimum atomic E-state index is -0.683. The minimum Gasteiger partial charge on any atom is -0.359 e. The van der Waals surface area contributed by atoms with Gasteiger partial charge in [0, 0.05) is 26.2 Å². The van der Waals surface area contributed by atoms with E-state index in [1.165, 1.54) is 5.56 Å². The van der Waals surface area contributed by atoms with E-state index in [2.05, 4.69) is 59.9 Å². The highest BCUT2D eigenvalue weighted by Gasteiger charge is 2.46. The SMILES string of the molecule is CNC(=O)[C@]1(Cc2cccc(-c3ccc(C)cc3)c2)CCN(C(=O)c2cc(C(C)C)no2)C1. The monoisotopic (exact) mass is 445 g/mol. The number of nitrogens with one attached hydrogen (secondary N) is 1. The first-order valence-electron chi connectivity index (χ1n) is 11.5. The number of likely N-dealkylation sites (tertiary alicyclic amines) is 1. The summed E-state index contributed by atoms with van der Waals surface area (Å²) in [4.78, 5) is 27.8. The largest absolute Gasteiger partial charge is 0.359 e. The van der Waals surface area contributed by atoms with Crippen LogP contribution in [-0.2, 0) is 11.2 Å². The van der Waals surface area contributed by atoms with Crippen molar-refractivity contribution in [2.75, 3.05) is 20.1 Å². The van der Waals surface area contributed by atoms with Crippen molar-refractivity contribution in [3.8, 4) is 11.1 Å². The Hall–Kier alpha value is -3.41. The van der Waals surface area contributed by atoms with Crippen LogP contribution in [0, 0.1) is 12.3 Å². The number of rotatable bonds is 6. The molecule has 2 aromatic carbocycles. The van der Waals surface area contributed by atoms with Crippen molar-refractivity contribution in [1.82, 2.24) is 15.4 Å². The van der Waals surface area contributed by atoms with Crippen molar-refractivity contribution in [2.24, 2.45) is 5.41 Å². The predicted octanol–water partition coefficient (Wildman–Crippen LogP) is 4.59. The van der Waals surface area contributed by atoms with Gasteiger partial charge in [0.05, 0.1) is 11.1 Å². The topological polar surface area (TPSA) is 75.4 Å². The molecule has 0 unspecified atom stereocenters. The van der Waals surface area contributed by atoms with Crippen molar-refractivity contribution < 1.29 is 14.1 Å². The molecule has 0 saturated carbocycles. The summed E-state index contributed by atoms with van der Waals surface area (Å²) in [6.07, 6.45) is 1.15. The number of carbonyl (C=O) groups excluding carboxylic acids is 2. The average molecular weight is 446 g/mol. The lowest BCUT2D eigenvalue weighted by Gasteiger charge is -2.27. The smallest absolute Gasteiger partial charge is 0.292 e. The number of aryl methyl sites for hydroxylation is 1. The van der Waals surface area contributed by atoms with E-state index in [4.69, 9.17) is 4.52 Å². The first-order chi connectivity index (χ1) is 15.8. The fourth-order valence-electron chi connectivity index (χ4n) is 4.54. The van der Waals surface area contributed by atoms with Gasteiger partial charge in [0.25, 0.3) is 5.91 Å². The van der Waals surface area contributed by atoms with Crippen LogP contribution in [0.1, 0.15) is 53.6 Å². The summed E-state index contributed by atoms with van der Waals surface area (Å²) in [6, 6.07) is 18.4. The van der Waals surface area contributed by atoms with Crippen molar-refractivity contribution in [1.29, 1.82) is 0 Å². The maximum absolute atomic E-state index is 13.1. The molecule has 0 aliphatic carbocycles. The number of carbonyl (C=O) groups is 2. The highest BCUT2D eigenvalue weighted by Crippen LogP contribution is 2.36. The molecule has 4 rings (SSSR count). The summed E-state index contributed by atoms with van der Waals surface area (Å²) >= 11 is 0. The number of benzene rings is 2. The lowest BCUT2D eigenvalue weighted by Crippen LogP contribution is -2.44. The fraction of sp³-hybridized carbons (Fsp3) is 0.370.